The number of amides is 1. The zero-order valence-corrected chi connectivity index (χ0v) is 13.6. The Hall–Kier alpha value is -1.18. The third kappa shape index (κ3) is 5.55. The maximum atomic E-state index is 12.3. The molecule has 2 fully saturated rings. The first-order valence-corrected chi connectivity index (χ1v) is 8.04. The van der Waals surface area contributed by atoms with Crippen LogP contribution in [0.3, 0.4) is 0 Å². The molecule has 0 radical (unpaired) electrons. The average molecular weight is 313 g/mol. The molecule has 0 aromatic rings. The van der Waals surface area contributed by atoms with Gasteiger partial charge in [-0.05, 0) is 13.8 Å². The van der Waals surface area contributed by atoms with Crippen LogP contribution in [0, 0.1) is 0 Å². The van der Waals surface area contributed by atoms with E-state index in [4.69, 9.17) is 9.47 Å². The molecule has 2 heterocycles. The highest BCUT2D eigenvalue weighted by Gasteiger charge is 2.24. The summed E-state index contributed by atoms with van der Waals surface area (Å²) in [4.78, 5) is 30.0. The molecule has 2 aliphatic heterocycles. The number of ether oxygens (including phenoxy) is 2. The molecule has 2 rings (SSSR count). The van der Waals surface area contributed by atoms with E-state index < -0.39 is 0 Å². The van der Waals surface area contributed by atoms with E-state index in [1.807, 2.05) is 23.6 Å². The summed E-state index contributed by atoms with van der Waals surface area (Å²) in [6.07, 6.45) is -0.0797. The Bertz CT molecular complexity index is 375. The molecule has 126 valence electrons. The highest BCUT2D eigenvalue weighted by molar-refractivity contribution is 5.78. The molecule has 0 unspecified atom stereocenters. The lowest BCUT2D eigenvalue weighted by Crippen LogP contribution is -2.53. The van der Waals surface area contributed by atoms with Crippen LogP contribution >= 0.6 is 0 Å². The second-order valence-corrected chi connectivity index (χ2v) is 6.08. The highest BCUT2D eigenvalue weighted by atomic mass is 16.5. The Morgan fingerprint density at radius 1 is 0.955 bits per heavy atom. The van der Waals surface area contributed by atoms with Crippen molar-refractivity contribution in [2.24, 2.45) is 0 Å². The first-order chi connectivity index (χ1) is 10.5. The molecule has 0 saturated carbocycles. The van der Waals surface area contributed by atoms with E-state index in [0.717, 1.165) is 26.2 Å². The zero-order chi connectivity index (χ0) is 15.9. The number of hydrogen-bond acceptors (Lipinski definition) is 6. The number of nitrogens with zero attached hydrogens (tertiary/aromatic N) is 3. The van der Waals surface area contributed by atoms with Crippen molar-refractivity contribution >= 4 is 11.9 Å². The largest absolute Gasteiger partial charge is 0.462 e. The minimum absolute atomic E-state index is 0.0797. The molecule has 0 bridgehead atoms. The lowest BCUT2D eigenvalue weighted by atomic mass is 10.3. The molecular formula is C15H27N3O4. The van der Waals surface area contributed by atoms with Crippen LogP contribution in [0.25, 0.3) is 0 Å². The number of esters is 1. The first kappa shape index (κ1) is 17.2. The Labute approximate surface area is 132 Å². The van der Waals surface area contributed by atoms with Crippen molar-refractivity contribution in [1.29, 1.82) is 0 Å². The fourth-order valence-electron chi connectivity index (χ4n) is 2.69. The van der Waals surface area contributed by atoms with Crippen LogP contribution < -0.4 is 0 Å². The van der Waals surface area contributed by atoms with Gasteiger partial charge in [0.1, 0.15) is 0 Å². The number of carbonyl (C=O) groups is 2. The molecule has 0 spiro atoms. The number of morpholine rings is 1. The van der Waals surface area contributed by atoms with E-state index in [1.54, 1.807) is 0 Å². The number of rotatable bonds is 5. The van der Waals surface area contributed by atoms with Gasteiger partial charge >= 0.3 is 5.97 Å². The predicted octanol–water partition coefficient (Wildman–Crippen LogP) is -0.586. The van der Waals surface area contributed by atoms with Gasteiger partial charge in [-0.2, -0.15) is 0 Å². The standard InChI is InChI=1S/C15H27N3O4/c1-13(2)22-15(20)12-16-3-5-18(6-4-16)14(19)11-17-7-9-21-10-8-17/h13H,3-12H2,1-2H3. The third-order valence-corrected chi connectivity index (χ3v) is 3.91. The minimum atomic E-state index is -0.192. The monoisotopic (exact) mass is 313 g/mol. The van der Waals surface area contributed by atoms with Gasteiger partial charge in [-0.3, -0.25) is 19.4 Å². The van der Waals surface area contributed by atoms with Crippen molar-refractivity contribution in [3.63, 3.8) is 0 Å². The zero-order valence-electron chi connectivity index (χ0n) is 13.6. The second-order valence-electron chi connectivity index (χ2n) is 6.08. The van der Waals surface area contributed by atoms with Crippen LogP contribution in [0.4, 0.5) is 0 Å². The van der Waals surface area contributed by atoms with Crippen molar-refractivity contribution in [2.75, 3.05) is 65.6 Å². The number of carbonyl (C=O) groups excluding carboxylic acids is 2. The molecule has 22 heavy (non-hydrogen) atoms. The molecule has 0 aliphatic carbocycles. The van der Waals surface area contributed by atoms with Gasteiger partial charge in [0.15, 0.2) is 0 Å². The fraction of sp³-hybridized carbons (Fsp3) is 0.867. The van der Waals surface area contributed by atoms with Crippen LogP contribution in [0.15, 0.2) is 0 Å². The first-order valence-electron chi connectivity index (χ1n) is 8.04. The van der Waals surface area contributed by atoms with Crippen LogP contribution in [0.5, 0.6) is 0 Å². The van der Waals surface area contributed by atoms with E-state index in [9.17, 15) is 9.59 Å². The van der Waals surface area contributed by atoms with Crippen molar-refractivity contribution in [3.8, 4) is 0 Å². The summed E-state index contributed by atoms with van der Waals surface area (Å²) in [5.41, 5.74) is 0. The molecule has 0 aromatic carbocycles. The van der Waals surface area contributed by atoms with E-state index in [-0.39, 0.29) is 18.0 Å². The van der Waals surface area contributed by atoms with Gasteiger partial charge < -0.3 is 14.4 Å². The van der Waals surface area contributed by atoms with Crippen molar-refractivity contribution in [1.82, 2.24) is 14.7 Å². The summed E-state index contributed by atoms with van der Waals surface area (Å²) < 4.78 is 10.4. The Kier molecular flexibility index (Phi) is 6.60. The minimum Gasteiger partial charge on any atom is -0.462 e. The molecule has 0 aromatic heterocycles. The van der Waals surface area contributed by atoms with Crippen LogP contribution in [0.2, 0.25) is 0 Å². The van der Waals surface area contributed by atoms with Crippen LogP contribution in [-0.2, 0) is 19.1 Å². The van der Waals surface area contributed by atoms with Crippen LogP contribution in [-0.4, -0.2) is 98.3 Å². The number of piperazine rings is 1. The normalized spacial score (nSPS) is 21.1. The maximum absolute atomic E-state index is 12.3. The van der Waals surface area contributed by atoms with Gasteiger partial charge in [-0.15, -0.1) is 0 Å². The van der Waals surface area contributed by atoms with E-state index >= 15 is 0 Å². The third-order valence-electron chi connectivity index (χ3n) is 3.91. The number of hydrogen-bond donors (Lipinski definition) is 0. The summed E-state index contributed by atoms with van der Waals surface area (Å²) >= 11 is 0. The smallest absolute Gasteiger partial charge is 0.320 e. The summed E-state index contributed by atoms with van der Waals surface area (Å²) in [5.74, 6) is -0.0191. The van der Waals surface area contributed by atoms with Gasteiger partial charge in [0.2, 0.25) is 5.91 Å². The van der Waals surface area contributed by atoms with Crippen molar-refractivity contribution in [3.05, 3.63) is 0 Å². The summed E-state index contributed by atoms with van der Waals surface area (Å²) in [6.45, 7) is 10.3. The van der Waals surface area contributed by atoms with Gasteiger partial charge in [0, 0.05) is 39.3 Å². The average Bonchev–Trinajstić information content (AvgIpc) is 2.48. The van der Waals surface area contributed by atoms with Crippen molar-refractivity contribution in [2.45, 2.75) is 20.0 Å². The summed E-state index contributed by atoms with van der Waals surface area (Å²) in [7, 11) is 0. The van der Waals surface area contributed by atoms with Gasteiger partial charge in [0.05, 0.1) is 32.4 Å². The highest BCUT2D eigenvalue weighted by Crippen LogP contribution is 2.05. The second kappa shape index (κ2) is 8.45. The van der Waals surface area contributed by atoms with E-state index in [2.05, 4.69) is 4.90 Å². The molecule has 7 heteroatoms. The lowest BCUT2D eigenvalue weighted by Gasteiger charge is -2.36. The SMILES string of the molecule is CC(C)OC(=O)CN1CCN(C(=O)CN2CCOCC2)CC1. The lowest BCUT2D eigenvalue weighted by molar-refractivity contribution is -0.149. The molecule has 2 saturated heterocycles. The Morgan fingerprint density at radius 3 is 2.14 bits per heavy atom. The topological polar surface area (TPSA) is 62.3 Å². The molecule has 0 atom stereocenters. The van der Waals surface area contributed by atoms with E-state index in [1.165, 1.54) is 0 Å². The molecule has 2 aliphatic rings. The Morgan fingerprint density at radius 2 is 1.55 bits per heavy atom. The molecule has 1 amide bonds. The van der Waals surface area contributed by atoms with Crippen LogP contribution in [0.1, 0.15) is 13.8 Å². The van der Waals surface area contributed by atoms with Gasteiger partial charge in [0.25, 0.3) is 0 Å². The van der Waals surface area contributed by atoms with Crippen molar-refractivity contribution < 1.29 is 19.1 Å². The maximum Gasteiger partial charge on any atom is 0.320 e. The summed E-state index contributed by atoms with van der Waals surface area (Å²) in [5, 5.41) is 0. The van der Waals surface area contributed by atoms with Gasteiger partial charge in [-0.1, -0.05) is 0 Å². The molecule has 7 nitrogen and oxygen atoms in total. The fourth-order valence-corrected chi connectivity index (χ4v) is 2.69. The predicted molar refractivity (Wildman–Crippen MR) is 81.5 cm³/mol. The van der Waals surface area contributed by atoms with E-state index in [0.29, 0.717) is 39.4 Å². The molecule has 0 N–H and O–H groups in total. The Balaban J connectivity index is 1.67. The summed E-state index contributed by atoms with van der Waals surface area (Å²) in [6, 6.07) is 0. The quantitative estimate of drug-likeness (QED) is 0.633. The molecular weight excluding hydrogens is 286 g/mol. The van der Waals surface area contributed by atoms with Gasteiger partial charge in [-0.25, -0.2) is 0 Å².